The third kappa shape index (κ3) is 2.94. The predicted molar refractivity (Wildman–Crippen MR) is 107 cm³/mol. The van der Waals surface area contributed by atoms with Crippen molar-refractivity contribution in [2.45, 2.75) is 31.7 Å². The van der Waals surface area contributed by atoms with Crippen LogP contribution in [0, 0.1) is 0 Å². The van der Waals surface area contributed by atoms with Gasteiger partial charge in [-0.2, -0.15) is 5.10 Å². The highest BCUT2D eigenvalue weighted by Gasteiger charge is 2.25. The average Bonchev–Trinajstić information content (AvgIpc) is 3.42. The molecule has 0 unspecified atom stereocenters. The third-order valence-corrected chi connectivity index (χ3v) is 5.89. The van der Waals surface area contributed by atoms with Crippen LogP contribution in [0.4, 0.5) is 5.82 Å². The number of hydrogen-bond acceptors (Lipinski definition) is 6. The molecule has 1 saturated carbocycles. The molecule has 0 spiro atoms. The molecule has 0 bridgehead atoms. The van der Waals surface area contributed by atoms with Gasteiger partial charge in [-0.3, -0.25) is 0 Å². The number of nitrogen functional groups attached to an aromatic ring is 1. The molecule has 1 aliphatic carbocycles. The van der Waals surface area contributed by atoms with E-state index in [1.165, 1.54) is 19.2 Å². The van der Waals surface area contributed by atoms with Gasteiger partial charge in [0, 0.05) is 11.4 Å². The van der Waals surface area contributed by atoms with Crippen molar-refractivity contribution in [1.29, 1.82) is 0 Å². The van der Waals surface area contributed by atoms with Crippen molar-refractivity contribution in [3.8, 4) is 22.1 Å². The minimum absolute atomic E-state index is 0.385. The number of hydrogen-bond donors (Lipinski definition) is 1. The molecule has 7 heteroatoms. The normalized spacial score (nSPS) is 14.8. The minimum atomic E-state index is 0.385. The largest absolute Gasteiger partial charge is 0.456 e. The van der Waals surface area contributed by atoms with Crippen LogP contribution in [-0.2, 0) is 0 Å². The molecule has 3 heterocycles. The predicted octanol–water partition coefficient (Wildman–Crippen LogP) is 5.04. The summed E-state index contributed by atoms with van der Waals surface area (Å²) in [5.74, 6) is 2.07. The van der Waals surface area contributed by atoms with Gasteiger partial charge in [0.05, 0.1) is 16.3 Å². The summed E-state index contributed by atoms with van der Waals surface area (Å²) in [6, 6.07) is 12.1. The average molecular weight is 377 g/mol. The smallest absolute Gasteiger partial charge is 0.164 e. The molecule has 27 heavy (non-hydrogen) atoms. The summed E-state index contributed by atoms with van der Waals surface area (Å²) in [7, 11) is 0. The molecule has 2 N–H and O–H groups in total. The summed E-state index contributed by atoms with van der Waals surface area (Å²) in [6.45, 7) is 0. The molecular formula is C20H19N5OS. The highest BCUT2D eigenvalue weighted by atomic mass is 32.1. The van der Waals surface area contributed by atoms with E-state index in [2.05, 4.69) is 9.97 Å². The molecule has 1 aromatic carbocycles. The lowest BCUT2D eigenvalue weighted by molar-refractivity contribution is 0.479. The monoisotopic (exact) mass is 377 g/mol. The van der Waals surface area contributed by atoms with Gasteiger partial charge in [-0.25, -0.2) is 14.6 Å². The maximum absolute atomic E-state index is 6.21. The maximum atomic E-state index is 6.21. The van der Waals surface area contributed by atoms with Crippen LogP contribution >= 0.6 is 11.3 Å². The highest BCUT2D eigenvalue weighted by Crippen LogP contribution is 2.40. The third-order valence-electron chi connectivity index (χ3n) is 4.98. The zero-order valence-corrected chi connectivity index (χ0v) is 15.5. The van der Waals surface area contributed by atoms with Crippen molar-refractivity contribution in [3.05, 3.63) is 48.1 Å². The molecule has 0 aliphatic heterocycles. The molecule has 1 fully saturated rings. The van der Waals surface area contributed by atoms with E-state index in [1.807, 2.05) is 46.5 Å². The van der Waals surface area contributed by atoms with Crippen LogP contribution in [0.15, 0.2) is 48.1 Å². The first-order chi connectivity index (χ1) is 13.3. The number of thiophene rings is 1. The van der Waals surface area contributed by atoms with Crippen LogP contribution in [0.25, 0.3) is 21.6 Å². The number of benzene rings is 1. The molecule has 0 amide bonds. The number of nitrogens with two attached hydrogens (primary N) is 1. The van der Waals surface area contributed by atoms with Crippen LogP contribution in [0.5, 0.6) is 11.5 Å². The Morgan fingerprint density at radius 2 is 1.89 bits per heavy atom. The summed E-state index contributed by atoms with van der Waals surface area (Å²) in [5, 5.41) is 7.73. The lowest BCUT2D eigenvalue weighted by atomic mass is 10.2. The number of anilines is 1. The zero-order chi connectivity index (χ0) is 18.2. The summed E-state index contributed by atoms with van der Waals surface area (Å²) in [6.07, 6.45) is 6.25. The SMILES string of the molecule is Nc1ncnc2c1c(-c1cc(Oc3ccccc3)cs1)nn2C1CCCC1. The van der Waals surface area contributed by atoms with E-state index in [4.69, 9.17) is 15.6 Å². The van der Waals surface area contributed by atoms with Gasteiger partial charge in [-0.1, -0.05) is 31.0 Å². The summed E-state index contributed by atoms with van der Waals surface area (Å²) >= 11 is 1.59. The van der Waals surface area contributed by atoms with E-state index in [1.54, 1.807) is 11.3 Å². The second-order valence-corrected chi connectivity index (χ2v) is 7.66. The molecular weight excluding hydrogens is 358 g/mol. The molecule has 4 aromatic rings. The van der Waals surface area contributed by atoms with Crippen LogP contribution in [0.3, 0.4) is 0 Å². The fraction of sp³-hybridized carbons (Fsp3) is 0.250. The van der Waals surface area contributed by atoms with Gasteiger partial charge in [0.1, 0.15) is 29.3 Å². The van der Waals surface area contributed by atoms with Gasteiger partial charge in [0.15, 0.2) is 5.65 Å². The molecule has 6 nitrogen and oxygen atoms in total. The number of fused-ring (bicyclic) bond motifs is 1. The van der Waals surface area contributed by atoms with Crippen molar-refractivity contribution in [1.82, 2.24) is 19.7 Å². The van der Waals surface area contributed by atoms with E-state index < -0.39 is 0 Å². The molecule has 5 rings (SSSR count). The molecule has 1 aliphatic rings. The standard InChI is InChI=1S/C20H19N5OS/c21-19-17-18(16-10-15(11-27-16)26-14-8-2-1-3-9-14)24-25(13-6-4-5-7-13)20(17)23-12-22-19/h1-3,8-13H,4-7H2,(H2,21,22,23). The highest BCUT2D eigenvalue weighted by molar-refractivity contribution is 7.13. The van der Waals surface area contributed by atoms with Crippen molar-refractivity contribution < 1.29 is 4.74 Å². The number of ether oxygens (including phenoxy) is 1. The maximum Gasteiger partial charge on any atom is 0.164 e. The Morgan fingerprint density at radius 3 is 2.70 bits per heavy atom. The fourth-order valence-corrected chi connectivity index (χ4v) is 4.49. The Labute approximate surface area is 160 Å². The lowest BCUT2D eigenvalue weighted by Gasteiger charge is -2.09. The van der Waals surface area contributed by atoms with Gasteiger partial charge in [-0.05, 0) is 25.0 Å². The lowest BCUT2D eigenvalue weighted by Crippen LogP contribution is -2.07. The van der Waals surface area contributed by atoms with Gasteiger partial charge >= 0.3 is 0 Å². The van der Waals surface area contributed by atoms with Crippen LogP contribution < -0.4 is 10.5 Å². The Morgan fingerprint density at radius 1 is 1.07 bits per heavy atom. The van der Waals surface area contributed by atoms with Crippen molar-refractivity contribution in [2.24, 2.45) is 0 Å². The Kier molecular flexibility index (Phi) is 4.01. The number of aromatic nitrogens is 4. The molecule has 0 atom stereocenters. The summed E-state index contributed by atoms with van der Waals surface area (Å²) < 4.78 is 7.99. The van der Waals surface area contributed by atoms with Gasteiger partial charge in [0.25, 0.3) is 0 Å². The summed E-state index contributed by atoms with van der Waals surface area (Å²) in [5.41, 5.74) is 7.86. The molecule has 3 aromatic heterocycles. The second-order valence-electron chi connectivity index (χ2n) is 6.75. The molecule has 0 radical (unpaired) electrons. The van der Waals surface area contributed by atoms with Crippen LogP contribution in [0.1, 0.15) is 31.7 Å². The Hall–Kier alpha value is -2.93. The zero-order valence-electron chi connectivity index (χ0n) is 14.7. The van der Waals surface area contributed by atoms with Crippen LogP contribution in [-0.4, -0.2) is 19.7 Å². The van der Waals surface area contributed by atoms with Crippen molar-refractivity contribution in [3.63, 3.8) is 0 Å². The first-order valence-corrected chi connectivity index (χ1v) is 9.98. The van der Waals surface area contributed by atoms with E-state index in [9.17, 15) is 0 Å². The van der Waals surface area contributed by atoms with Gasteiger partial charge in [0.2, 0.25) is 0 Å². The van der Waals surface area contributed by atoms with Gasteiger partial charge in [-0.15, -0.1) is 11.3 Å². The number of nitrogens with zero attached hydrogens (tertiary/aromatic N) is 4. The fourth-order valence-electron chi connectivity index (χ4n) is 3.69. The minimum Gasteiger partial charge on any atom is -0.456 e. The van der Waals surface area contributed by atoms with Crippen molar-refractivity contribution >= 4 is 28.2 Å². The Balaban J connectivity index is 1.57. The van der Waals surface area contributed by atoms with Gasteiger partial charge < -0.3 is 10.5 Å². The molecule has 136 valence electrons. The summed E-state index contributed by atoms with van der Waals surface area (Å²) in [4.78, 5) is 9.69. The van der Waals surface area contributed by atoms with E-state index in [0.717, 1.165) is 45.9 Å². The molecule has 0 saturated heterocycles. The van der Waals surface area contributed by atoms with E-state index in [0.29, 0.717) is 11.9 Å². The second kappa shape index (κ2) is 6.66. The number of rotatable bonds is 4. The quantitative estimate of drug-likeness (QED) is 0.539. The van der Waals surface area contributed by atoms with Crippen LogP contribution in [0.2, 0.25) is 0 Å². The van der Waals surface area contributed by atoms with E-state index in [-0.39, 0.29) is 0 Å². The Bertz CT molecular complexity index is 1080. The topological polar surface area (TPSA) is 78.8 Å². The number of para-hydroxylation sites is 1. The van der Waals surface area contributed by atoms with Crippen molar-refractivity contribution in [2.75, 3.05) is 5.73 Å². The first kappa shape index (κ1) is 16.3. The van der Waals surface area contributed by atoms with E-state index >= 15 is 0 Å². The first-order valence-electron chi connectivity index (χ1n) is 9.10.